The van der Waals surface area contributed by atoms with Crippen molar-refractivity contribution in [2.75, 3.05) is 13.7 Å². The van der Waals surface area contributed by atoms with Gasteiger partial charge in [-0.05, 0) is 12.5 Å². The third-order valence-corrected chi connectivity index (χ3v) is 4.91. The number of esters is 1. The summed E-state index contributed by atoms with van der Waals surface area (Å²) >= 11 is 11.6. The quantitative estimate of drug-likeness (QED) is 0.236. The molecule has 0 radical (unpaired) electrons. The molecule has 13 heavy (non-hydrogen) atoms. The molecule has 6 heteroatoms. The molecule has 76 valence electrons. The molecule has 0 saturated carbocycles. The molecule has 3 nitrogen and oxygen atoms in total. The minimum absolute atomic E-state index is 0.294. The van der Waals surface area contributed by atoms with Gasteiger partial charge in [-0.15, -0.1) is 22.2 Å². The van der Waals surface area contributed by atoms with Crippen LogP contribution in [0.15, 0.2) is 12.7 Å². The maximum absolute atomic E-state index is 10.6. The average Bonchev–Trinajstić information content (AvgIpc) is 2.12. The number of carbonyl (C=O) groups excluding carboxylic acids is 1. The number of hydrogen-bond acceptors (Lipinski definition) is 3. The molecule has 0 aliphatic rings. The van der Waals surface area contributed by atoms with Crippen molar-refractivity contribution in [3.05, 3.63) is 12.7 Å². The highest BCUT2D eigenvalue weighted by molar-refractivity contribution is 7.42. The Morgan fingerprint density at radius 3 is 2.69 bits per heavy atom. The summed E-state index contributed by atoms with van der Waals surface area (Å²) in [4.78, 5) is 10.6. The second kappa shape index (κ2) is 6.43. The van der Waals surface area contributed by atoms with Gasteiger partial charge in [0.25, 0.3) is 0 Å². The molecule has 0 aromatic heterocycles. The molecule has 0 rings (SSSR count). The van der Waals surface area contributed by atoms with Crippen molar-refractivity contribution in [2.24, 2.45) is 0 Å². The highest BCUT2D eigenvalue weighted by atomic mass is 35.7. The Balaban J connectivity index is 3.46. The van der Waals surface area contributed by atoms with Gasteiger partial charge in [0.05, 0.1) is 6.61 Å². The van der Waals surface area contributed by atoms with E-state index in [1.807, 2.05) is 0 Å². The van der Waals surface area contributed by atoms with E-state index in [2.05, 4.69) is 6.58 Å². The van der Waals surface area contributed by atoms with E-state index >= 15 is 0 Å². The van der Waals surface area contributed by atoms with Crippen molar-refractivity contribution in [1.82, 2.24) is 0 Å². The molecule has 0 unspecified atom stereocenters. The first-order valence-electron chi connectivity index (χ1n) is 3.74. The third-order valence-electron chi connectivity index (χ3n) is 1.32. The lowest BCUT2D eigenvalue weighted by molar-refractivity contribution is -0.137. The van der Waals surface area contributed by atoms with Crippen LogP contribution in [-0.2, 0) is 14.0 Å². The van der Waals surface area contributed by atoms with Gasteiger partial charge in [0.15, 0.2) is 0 Å². The zero-order valence-corrected chi connectivity index (χ0v) is 9.90. The standard InChI is InChI=1S/C7H12Cl2O3Si/c1-3-7(10)12-5-4-6-13(8,9)11-2/h3H,1,4-6H2,2H3. The van der Waals surface area contributed by atoms with Crippen LogP contribution in [0.2, 0.25) is 6.04 Å². The predicted octanol–water partition coefficient (Wildman–Crippen LogP) is 2.17. The van der Waals surface area contributed by atoms with Crippen LogP contribution in [0.25, 0.3) is 0 Å². The summed E-state index contributed by atoms with van der Waals surface area (Å²) in [6.07, 6.45) is 1.72. The molecule has 0 aliphatic carbocycles. The number of ether oxygens (including phenoxy) is 1. The fourth-order valence-electron chi connectivity index (χ4n) is 0.612. The molecule has 0 aliphatic heterocycles. The summed E-state index contributed by atoms with van der Waals surface area (Å²) < 4.78 is 9.60. The normalized spacial score (nSPS) is 11.0. The Morgan fingerprint density at radius 2 is 2.23 bits per heavy atom. The lowest BCUT2D eigenvalue weighted by atomic mass is 10.5. The van der Waals surface area contributed by atoms with Gasteiger partial charge in [-0.25, -0.2) is 4.79 Å². The molecular formula is C7H12Cl2O3Si. The molecule has 0 aromatic rings. The van der Waals surface area contributed by atoms with Crippen molar-refractivity contribution in [3.8, 4) is 0 Å². The summed E-state index contributed by atoms with van der Waals surface area (Å²) in [5, 5.41) is 0. The highest BCUT2D eigenvalue weighted by Gasteiger charge is 2.28. The molecule has 0 fully saturated rings. The minimum atomic E-state index is -2.53. The SMILES string of the molecule is C=CC(=O)OCCC[Si](Cl)(Cl)OC. The Morgan fingerprint density at radius 1 is 1.62 bits per heavy atom. The van der Waals surface area contributed by atoms with Crippen LogP contribution in [0.3, 0.4) is 0 Å². The van der Waals surface area contributed by atoms with Crippen LogP contribution in [0.5, 0.6) is 0 Å². The third kappa shape index (κ3) is 7.07. The van der Waals surface area contributed by atoms with Crippen LogP contribution in [0.1, 0.15) is 6.42 Å². The summed E-state index contributed by atoms with van der Waals surface area (Å²) in [5.74, 6) is -0.436. The van der Waals surface area contributed by atoms with Gasteiger partial charge in [0.2, 0.25) is 0 Å². The van der Waals surface area contributed by atoms with E-state index in [1.54, 1.807) is 0 Å². The smallest absolute Gasteiger partial charge is 0.389 e. The maximum atomic E-state index is 10.6. The van der Waals surface area contributed by atoms with Gasteiger partial charge in [-0.2, -0.15) is 0 Å². The van der Waals surface area contributed by atoms with E-state index in [0.29, 0.717) is 19.1 Å². The summed E-state index contributed by atoms with van der Waals surface area (Å²) in [6.45, 7) is 1.02. The van der Waals surface area contributed by atoms with Crippen LogP contribution >= 0.6 is 22.2 Å². The molecule has 0 bridgehead atoms. The first kappa shape index (κ1) is 13.0. The fraction of sp³-hybridized carbons (Fsp3) is 0.571. The number of halogens is 2. The van der Waals surface area contributed by atoms with Crippen molar-refractivity contribution in [3.63, 3.8) is 0 Å². The Kier molecular flexibility index (Phi) is 6.41. The number of carbonyl (C=O) groups is 1. The Labute approximate surface area is 88.1 Å². The minimum Gasteiger partial charge on any atom is -0.463 e. The van der Waals surface area contributed by atoms with Gasteiger partial charge in [0, 0.05) is 13.2 Å². The first-order valence-corrected chi connectivity index (χ1v) is 7.88. The fourth-order valence-corrected chi connectivity index (χ4v) is 2.17. The van der Waals surface area contributed by atoms with E-state index in [1.165, 1.54) is 7.11 Å². The molecule has 0 amide bonds. The van der Waals surface area contributed by atoms with Crippen LogP contribution in [0, 0.1) is 0 Å². The first-order chi connectivity index (χ1) is 6.02. The van der Waals surface area contributed by atoms with Crippen LogP contribution in [-0.4, -0.2) is 26.6 Å². The molecule has 0 N–H and O–H groups in total. The van der Waals surface area contributed by atoms with Crippen LogP contribution < -0.4 is 0 Å². The molecule has 0 aromatic carbocycles. The van der Waals surface area contributed by atoms with Gasteiger partial charge in [-0.3, -0.25) is 0 Å². The molecule has 0 atom stereocenters. The van der Waals surface area contributed by atoms with Gasteiger partial charge in [0.1, 0.15) is 0 Å². The Bertz CT molecular complexity index is 185. The van der Waals surface area contributed by atoms with Crippen molar-refractivity contribution in [2.45, 2.75) is 12.5 Å². The second-order valence-electron chi connectivity index (χ2n) is 2.32. The van der Waals surface area contributed by atoms with E-state index in [0.717, 1.165) is 6.08 Å². The predicted molar refractivity (Wildman–Crippen MR) is 55.0 cm³/mol. The van der Waals surface area contributed by atoms with Gasteiger partial charge in [-0.1, -0.05) is 6.58 Å². The van der Waals surface area contributed by atoms with Gasteiger partial charge >= 0.3 is 12.9 Å². The maximum Gasteiger partial charge on any atom is 0.389 e. The molecule has 0 saturated heterocycles. The zero-order chi connectivity index (χ0) is 10.3. The zero-order valence-electron chi connectivity index (χ0n) is 7.39. The second-order valence-corrected chi connectivity index (χ2v) is 8.74. The van der Waals surface area contributed by atoms with E-state index in [4.69, 9.17) is 31.3 Å². The van der Waals surface area contributed by atoms with Crippen molar-refractivity contribution >= 4 is 35.1 Å². The molecule has 0 heterocycles. The summed E-state index contributed by atoms with van der Waals surface area (Å²) in [6, 6.07) is 0.539. The highest BCUT2D eigenvalue weighted by Crippen LogP contribution is 2.22. The lowest BCUT2D eigenvalue weighted by Gasteiger charge is -2.12. The van der Waals surface area contributed by atoms with E-state index in [9.17, 15) is 4.79 Å². The van der Waals surface area contributed by atoms with E-state index in [-0.39, 0.29) is 0 Å². The lowest BCUT2D eigenvalue weighted by Crippen LogP contribution is -2.22. The van der Waals surface area contributed by atoms with Crippen LogP contribution in [0.4, 0.5) is 0 Å². The topological polar surface area (TPSA) is 35.5 Å². The summed E-state index contributed by atoms with van der Waals surface area (Å²) in [5.41, 5.74) is 0. The van der Waals surface area contributed by atoms with Gasteiger partial charge < -0.3 is 9.16 Å². The number of hydrogen-bond donors (Lipinski definition) is 0. The molecular weight excluding hydrogens is 231 g/mol. The van der Waals surface area contributed by atoms with Crippen molar-refractivity contribution < 1.29 is 14.0 Å². The summed E-state index contributed by atoms with van der Waals surface area (Å²) in [7, 11) is 1.47. The average molecular weight is 243 g/mol. The molecule has 0 spiro atoms. The Hall–Kier alpha value is -0.0331. The monoisotopic (exact) mass is 242 g/mol. The van der Waals surface area contributed by atoms with Crippen molar-refractivity contribution in [1.29, 1.82) is 0 Å². The largest absolute Gasteiger partial charge is 0.463 e. The van der Waals surface area contributed by atoms with E-state index < -0.39 is 12.9 Å². The number of rotatable bonds is 6.